The molecule has 0 radical (unpaired) electrons. The van der Waals surface area contributed by atoms with Gasteiger partial charge < -0.3 is 0 Å². The molecule has 27 heavy (non-hydrogen) atoms. The first-order valence-electron chi connectivity index (χ1n) is 8.46. The van der Waals surface area contributed by atoms with Crippen LogP contribution in [0.1, 0.15) is 18.1 Å². The van der Waals surface area contributed by atoms with E-state index in [1.54, 1.807) is 18.0 Å². The van der Waals surface area contributed by atoms with E-state index in [4.69, 9.17) is 11.6 Å². The van der Waals surface area contributed by atoms with Crippen molar-refractivity contribution in [2.24, 2.45) is 5.10 Å². The van der Waals surface area contributed by atoms with Gasteiger partial charge in [-0.2, -0.15) is 5.10 Å². The Balaban J connectivity index is 1.54. The van der Waals surface area contributed by atoms with Gasteiger partial charge in [0.25, 0.3) is 5.91 Å². The minimum atomic E-state index is -0.194. The molecule has 1 N–H and O–H groups in total. The Hall–Kier alpha value is -2.08. The zero-order valence-electron chi connectivity index (χ0n) is 14.8. The first-order chi connectivity index (χ1) is 13.1. The molecule has 2 aromatic carbocycles. The Morgan fingerprint density at radius 1 is 1.19 bits per heavy atom. The molecule has 1 heterocycles. The summed E-state index contributed by atoms with van der Waals surface area (Å²) in [5.74, 6) is 0.664. The summed E-state index contributed by atoms with van der Waals surface area (Å²) in [6.45, 7) is 1.88. The minimum Gasteiger partial charge on any atom is -0.272 e. The van der Waals surface area contributed by atoms with E-state index < -0.39 is 0 Å². The smallest absolute Gasteiger partial charge is 0.252 e. The molecule has 0 aliphatic carbocycles. The van der Waals surface area contributed by atoms with Crippen molar-refractivity contribution in [3.8, 4) is 10.4 Å². The Labute approximate surface area is 172 Å². The van der Waals surface area contributed by atoms with E-state index in [1.807, 2.05) is 61.5 Å². The van der Waals surface area contributed by atoms with Gasteiger partial charge in [-0.3, -0.25) is 4.79 Å². The number of rotatable bonds is 7. The summed E-state index contributed by atoms with van der Waals surface area (Å²) in [4.78, 5) is 13.3. The average Bonchev–Trinajstić information content (AvgIpc) is 3.08. The van der Waals surface area contributed by atoms with Crippen molar-refractivity contribution >= 4 is 46.8 Å². The third-order valence-corrected chi connectivity index (χ3v) is 6.51. The highest BCUT2D eigenvalue weighted by molar-refractivity contribution is 7.99. The van der Waals surface area contributed by atoms with Crippen molar-refractivity contribution in [1.29, 1.82) is 0 Å². The van der Waals surface area contributed by atoms with Crippen LogP contribution in [0.2, 0.25) is 4.34 Å². The van der Waals surface area contributed by atoms with Crippen LogP contribution >= 0.6 is 34.7 Å². The van der Waals surface area contributed by atoms with Crippen LogP contribution in [0.3, 0.4) is 0 Å². The fourth-order valence-corrected chi connectivity index (χ4v) is 4.40. The molecule has 0 saturated carbocycles. The number of nitrogens with one attached hydrogen (secondary N) is 1. The van der Waals surface area contributed by atoms with Gasteiger partial charge in [0.1, 0.15) is 4.34 Å². The van der Waals surface area contributed by atoms with Crippen LogP contribution < -0.4 is 5.43 Å². The molecule has 1 aromatic heterocycles. The van der Waals surface area contributed by atoms with Crippen LogP contribution in [-0.4, -0.2) is 17.4 Å². The fraction of sp³-hybridized carbons (Fsp3) is 0.143. The van der Waals surface area contributed by atoms with E-state index in [-0.39, 0.29) is 11.2 Å². The van der Waals surface area contributed by atoms with Crippen molar-refractivity contribution in [3.63, 3.8) is 0 Å². The number of carbonyl (C=O) groups is 1. The molecular formula is C21H19ClN2OS2. The number of carbonyl (C=O) groups excluding carboxylic acids is 1. The Bertz CT molecular complexity index is 910. The number of hydrogen-bond donors (Lipinski definition) is 1. The summed E-state index contributed by atoms with van der Waals surface area (Å²) in [6.07, 6.45) is 1.59. The number of thiophene rings is 1. The number of nitrogens with zero attached hydrogens (tertiary/aromatic N) is 1. The number of hydrogen-bond acceptors (Lipinski definition) is 4. The van der Waals surface area contributed by atoms with Gasteiger partial charge in [-0.25, -0.2) is 5.43 Å². The molecule has 6 heteroatoms. The summed E-state index contributed by atoms with van der Waals surface area (Å²) in [6, 6.07) is 22.1. The molecule has 1 amide bonds. The predicted octanol–water partition coefficient (Wildman–Crippen LogP) is 5.84. The van der Waals surface area contributed by atoms with Crippen molar-refractivity contribution < 1.29 is 4.79 Å². The molecule has 3 rings (SSSR count). The van der Waals surface area contributed by atoms with Crippen LogP contribution in [0.25, 0.3) is 10.4 Å². The maximum atomic E-state index is 12.2. The topological polar surface area (TPSA) is 41.5 Å². The maximum absolute atomic E-state index is 12.2. The zero-order valence-corrected chi connectivity index (χ0v) is 17.2. The highest BCUT2D eigenvalue weighted by Gasteiger charge is 2.13. The van der Waals surface area contributed by atoms with E-state index in [0.717, 1.165) is 21.8 Å². The van der Waals surface area contributed by atoms with Crippen LogP contribution in [-0.2, 0) is 10.5 Å². The lowest BCUT2D eigenvalue weighted by atomic mass is 10.2. The third-order valence-electron chi connectivity index (χ3n) is 3.86. The molecular weight excluding hydrogens is 396 g/mol. The lowest BCUT2D eigenvalue weighted by Gasteiger charge is -2.09. The van der Waals surface area contributed by atoms with Gasteiger partial charge in [0.2, 0.25) is 0 Å². The van der Waals surface area contributed by atoms with E-state index in [2.05, 4.69) is 22.7 Å². The normalized spacial score (nSPS) is 12.2. The fourth-order valence-electron chi connectivity index (χ4n) is 2.34. The lowest BCUT2D eigenvalue weighted by molar-refractivity contribution is -0.120. The third kappa shape index (κ3) is 5.70. The molecule has 3 aromatic rings. The molecule has 0 aliphatic heterocycles. The summed E-state index contributed by atoms with van der Waals surface area (Å²) in [5.41, 5.74) is 5.70. The summed E-state index contributed by atoms with van der Waals surface area (Å²) in [7, 11) is 0. The van der Waals surface area contributed by atoms with Crippen molar-refractivity contribution in [1.82, 2.24) is 5.43 Å². The van der Waals surface area contributed by atoms with Crippen LogP contribution in [0.4, 0.5) is 0 Å². The second-order valence-electron chi connectivity index (χ2n) is 5.88. The Morgan fingerprint density at radius 2 is 1.85 bits per heavy atom. The monoisotopic (exact) mass is 414 g/mol. The largest absolute Gasteiger partial charge is 0.272 e. The molecule has 138 valence electrons. The van der Waals surface area contributed by atoms with Gasteiger partial charge in [-0.15, -0.1) is 23.1 Å². The van der Waals surface area contributed by atoms with Crippen molar-refractivity contribution in [2.75, 3.05) is 0 Å². The van der Waals surface area contributed by atoms with Gasteiger partial charge >= 0.3 is 0 Å². The first kappa shape index (κ1) is 19.7. The maximum Gasteiger partial charge on any atom is 0.252 e. The van der Waals surface area contributed by atoms with Gasteiger partial charge in [-0.1, -0.05) is 72.3 Å². The summed E-state index contributed by atoms with van der Waals surface area (Å²) in [5, 5.41) is 3.88. The first-order valence-corrected chi connectivity index (χ1v) is 10.7. The van der Waals surface area contributed by atoms with Crippen LogP contribution in [0, 0.1) is 0 Å². The van der Waals surface area contributed by atoms with Crippen LogP contribution in [0.5, 0.6) is 0 Å². The Morgan fingerprint density at radius 3 is 2.56 bits per heavy atom. The SMILES string of the molecule is C[C@H](SCc1ccccc1)C(=O)NN=Cc1cc(-c2ccccc2)sc1Cl. The number of amides is 1. The standard InChI is InChI=1S/C21H19ClN2OS2/c1-15(26-14-16-8-4-2-5-9-16)21(25)24-23-13-18-12-19(27-20(18)22)17-10-6-3-7-11-17/h2-13,15H,14H2,1H3,(H,24,25)/t15-/m0/s1. The van der Waals surface area contributed by atoms with Gasteiger partial charge in [0.15, 0.2) is 0 Å². The molecule has 0 aliphatic rings. The van der Waals surface area contributed by atoms with E-state index >= 15 is 0 Å². The molecule has 0 spiro atoms. The second kappa shape index (κ2) is 9.74. The number of benzene rings is 2. The summed E-state index contributed by atoms with van der Waals surface area (Å²) >= 11 is 9.37. The Kier molecular flexibility index (Phi) is 7.10. The molecule has 1 atom stereocenters. The average molecular weight is 415 g/mol. The molecule has 0 saturated heterocycles. The predicted molar refractivity (Wildman–Crippen MR) is 118 cm³/mol. The van der Waals surface area contributed by atoms with Crippen molar-refractivity contribution in [3.05, 3.63) is 82.2 Å². The second-order valence-corrected chi connectivity index (χ2v) is 8.86. The van der Waals surface area contributed by atoms with Crippen LogP contribution in [0.15, 0.2) is 71.8 Å². The van der Waals surface area contributed by atoms with Gasteiger partial charge in [-0.05, 0) is 24.1 Å². The zero-order chi connectivity index (χ0) is 19.1. The molecule has 0 bridgehead atoms. The van der Waals surface area contributed by atoms with E-state index in [9.17, 15) is 4.79 Å². The number of hydrazone groups is 1. The molecule has 3 nitrogen and oxygen atoms in total. The highest BCUT2D eigenvalue weighted by Crippen LogP contribution is 2.33. The summed E-state index contributed by atoms with van der Waals surface area (Å²) < 4.78 is 0.651. The van der Waals surface area contributed by atoms with Gasteiger partial charge in [0.05, 0.1) is 11.5 Å². The molecule has 0 unspecified atom stereocenters. The molecule has 0 fully saturated rings. The lowest BCUT2D eigenvalue weighted by Crippen LogP contribution is -2.26. The number of thioether (sulfide) groups is 1. The van der Waals surface area contributed by atoms with Gasteiger partial charge in [0, 0.05) is 16.2 Å². The van der Waals surface area contributed by atoms with E-state index in [1.165, 1.54) is 16.9 Å². The highest BCUT2D eigenvalue weighted by atomic mass is 35.5. The minimum absolute atomic E-state index is 0.123. The quantitative estimate of drug-likeness (QED) is 0.389. The van der Waals surface area contributed by atoms with E-state index in [0.29, 0.717) is 4.34 Å². The van der Waals surface area contributed by atoms with Crippen molar-refractivity contribution in [2.45, 2.75) is 17.9 Å². The number of halogens is 1.